The number of carbonyl (C=O) groups is 1. The fourth-order valence-electron chi connectivity index (χ4n) is 3.27. The number of nitrogens with zero attached hydrogens (tertiary/aromatic N) is 2. The third kappa shape index (κ3) is 5.17. The van der Waals surface area contributed by atoms with Crippen LogP contribution in [0.1, 0.15) is 43.2 Å². The summed E-state index contributed by atoms with van der Waals surface area (Å²) < 4.78 is 16.4. The lowest BCUT2D eigenvalue weighted by Crippen LogP contribution is -2.23. The average molecular weight is 442 g/mol. The molecule has 31 heavy (non-hydrogen) atoms. The Morgan fingerprint density at radius 2 is 1.94 bits per heavy atom. The van der Waals surface area contributed by atoms with Gasteiger partial charge in [-0.15, -0.1) is 0 Å². The third-order valence-electron chi connectivity index (χ3n) is 5.02. The summed E-state index contributed by atoms with van der Waals surface area (Å²) in [6.45, 7) is 5.59. The molecule has 3 aromatic rings. The van der Waals surface area contributed by atoms with Crippen LogP contribution < -0.4 is 14.8 Å². The van der Waals surface area contributed by atoms with Crippen LogP contribution in [0.25, 0.3) is 11.4 Å². The summed E-state index contributed by atoms with van der Waals surface area (Å²) in [7, 11) is 0. The lowest BCUT2D eigenvalue weighted by atomic mass is 10.0. The number of rotatable bonds is 7. The van der Waals surface area contributed by atoms with E-state index in [1.54, 1.807) is 6.07 Å². The van der Waals surface area contributed by atoms with E-state index in [0.29, 0.717) is 60.3 Å². The molecule has 1 aliphatic heterocycles. The summed E-state index contributed by atoms with van der Waals surface area (Å²) in [5.74, 6) is 2.45. The summed E-state index contributed by atoms with van der Waals surface area (Å²) in [6, 6.07) is 11.7. The minimum atomic E-state index is -0.118. The van der Waals surface area contributed by atoms with Crippen LogP contribution >= 0.6 is 11.6 Å². The van der Waals surface area contributed by atoms with Gasteiger partial charge in [0.05, 0.1) is 5.02 Å². The van der Waals surface area contributed by atoms with Gasteiger partial charge in [-0.25, -0.2) is 0 Å². The van der Waals surface area contributed by atoms with Crippen LogP contribution in [0.5, 0.6) is 11.5 Å². The number of aromatic nitrogens is 2. The first-order valence-corrected chi connectivity index (χ1v) is 10.6. The number of carbonyl (C=O) groups excluding carboxylic acids is 1. The summed E-state index contributed by atoms with van der Waals surface area (Å²) in [4.78, 5) is 16.7. The minimum absolute atomic E-state index is 0.118. The van der Waals surface area contributed by atoms with Crippen molar-refractivity contribution >= 4 is 17.5 Å². The Labute approximate surface area is 185 Å². The molecule has 0 atom stereocenters. The molecule has 2 heterocycles. The zero-order valence-electron chi connectivity index (χ0n) is 17.5. The summed E-state index contributed by atoms with van der Waals surface area (Å²) in [6.07, 6.45) is 0.608. The van der Waals surface area contributed by atoms with Gasteiger partial charge in [-0.1, -0.05) is 54.9 Å². The van der Waals surface area contributed by atoms with Crippen molar-refractivity contribution in [3.8, 4) is 22.9 Å². The van der Waals surface area contributed by atoms with Gasteiger partial charge < -0.3 is 19.3 Å². The minimum Gasteiger partial charge on any atom is -0.486 e. The zero-order valence-corrected chi connectivity index (χ0v) is 18.2. The molecule has 162 valence electrons. The summed E-state index contributed by atoms with van der Waals surface area (Å²) in [5, 5.41) is 7.37. The molecule has 1 N–H and O–H groups in total. The molecule has 0 aliphatic carbocycles. The molecular formula is C23H24ClN3O4. The standard InChI is InChI=1S/C23H24ClN3O4/c1-14(2)16-3-5-17(6-4-16)23-26-21(31-27-23)8-7-20(28)25-13-15-11-18(24)22-19(12-15)29-9-10-30-22/h3-6,11-12,14H,7-10,13H2,1-2H3,(H,25,28). The Hall–Kier alpha value is -3.06. The maximum Gasteiger partial charge on any atom is 0.227 e. The van der Waals surface area contributed by atoms with Crippen molar-refractivity contribution in [3.05, 3.63) is 58.4 Å². The fraction of sp³-hybridized carbons (Fsp3) is 0.348. The monoisotopic (exact) mass is 441 g/mol. The number of halogens is 1. The largest absolute Gasteiger partial charge is 0.486 e. The van der Waals surface area contributed by atoms with Gasteiger partial charge in [-0.3, -0.25) is 4.79 Å². The Morgan fingerprint density at radius 1 is 1.16 bits per heavy atom. The van der Waals surface area contributed by atoms with Crippen molar-refractivity contribution in [2.24, 2.45) is 0 Å². The summed E-state index contributed by atoms with van der Waals surface area (Å²) in [5.41, 5.74) is 2.98. The molecule has 1 aromatic heterocycles. The van der Waals surface area contributed by atoms with E-state index in [0.717, 1.165) is 11.1 Å². The molecule has 0 bridgehead atoms. The maximum absolute atomic E-state index is 12.3. The topological polar surface area (TPSA) is 86.5 Å². The number of amides is 1. The van der Waals surface area contributed by atoms with Crippen LogP contribution in [-0.2, 0) is 17.8 Å². The highest BCUT2D eigenvalue weighted by atomic mass is 35.5. The van der Waals surface area contributed by atoms with Crippen molar-refractivity contribution < 1.29 is 18.8 Å². The van der Waals surface area contributed by atoms with Crippen molar-refractivity contribution in [1.29, 1.82) is 0 Å². The highest BCUT2D eigenvalue weighted by Gasteiger charge is 2.17. The van der Waals surface area contributed by atoms with Crippen LogP contribution in [-0.4, -0.2) is 29.3 Å². The first-order chi connectivity index (χ1) is 15.0. The predicted molar refractivity (Wildman–Crippen MR) is 116 cm³/mol. The van der Waals surface area contributed by atoms with Gasteiger partial charge in [0.25, 0.3) is 0 Å². The van der Waals surface area contributed by atoms with E-state index in [1.165, 1.54) is 5.56 Å². The number of benzene rings is 2. The van der Waals surface area contributed by atoms with Gasteiger partial charge >= 0.3 is 0 Å². The van der Waals surface area contributed by atoms with Gasteiger partial charge in [0.15, 0.2) is 11.5 Å². The van der Waals surface area contributed by atoms with Crippen LogP contribution in [0.15, 0.2) is 40.9 Å². The van der Waals surface area contributed by atoms with Crippen LogP contribution in [0.3, 0.4) is 0 Å². The number of ether oxygens (including phenoxy) is 2. The zero-order chi connectivity index (χ0) is 21.8. The quantitative estimate of drug-likeness (QED) is 0.579. The van der Waals surface area contributed by atoms with E-state index in [4.69, 9.17) is 25.6 Å². The molecule has 0 unspecified atom stereocenters. The lowest BCUT2D eigenvalue weighted by molar-refractivity contribution is -0.121. The molecular weight excluding hydrogens is 418 g/mol. The van der Waals surface area contributed by atoms with Crippen LogP contribution in [0, 0.1) is 0 Å². The van der Waals surface area contributed by atoms with Gasteiger partial charge in [0, 0.05) is 24.9 Å². The first-order valence-electron chi connectivity index (χ1n) is 10.3. The highest BCUT2D eigenvalue weighted by Crippen LogP contribution is 2.38. The number of hydrogen-bond acceptors (Lipinski definition) is 6. The van der Waals surface area contributed by atoms with Crippen molar-refractivity contribution in [3.63, 3.8) is 0 Å². The predicted octanol–water partition coefficient (Wildman–Crippen LogP) is 4.53. The maximum atomic E-state index is 12.3. The number of aryl methyl sites for hydroxylation is 1. The Balaban J connectivity index is 1.29. The van der Waals surface area contributed by atoms with Gasteiger partial charge in [0.1, 0.15) is 13.2 Å². The van der Waals surface area contributed by atoms with Crippen molar-refractivity contribution in [2.45, 2.75) is 39.2 Å². The molecule has 1 aliphatic rings. The van der Waals surface area contributed by atoms with Crippen molar-refractivity contribution in [1.82, 2.24) is 15.5 Å². The first kappa shape index (κ1) is 21.2. The molecule has 0 fully saturated rings. The molecule has 1 amide bonds. The average Bonchev–Trinajstić information content (AvgIpc) is 3.25. The second kappa shape index (κ2) is 9.39. The molecule has 0 saturated carbocycles. The lowest BCUT2D eigenvalue weighted by Gasteiger charge is -2.20. The van der Waals surface area contributed by atoms with E-state index in [9.17, 15) is 4.79 Å². The molecule has 0 spiro atoms. The molecule has 0 radical (unpaired) electrons. The third-order valence-corrected chi connectivity index (χ3v) is 5.30. The fourth-order valence-corrected chi connectivity index (χ4v) is 3.55. The van der Waals surface area contributed by atoms with E-state index < -0.39 is 0 Å². The molecule has 7 nitrogen and oxygen atoms in total. The smallest absolute Gasteiger partial charge is 0.227 e. The number of hydrogen-bond donors (Lipinski definition) is 1. The van der Waals surface area contributed by atoms with Crippen molar-refractivity contribution in [2.75, 3.05) is 13.2 Å². The number of nitrogens with one attached hydrogen (secondary N) is 1. The normalized spacial score (nSPS) is 12.8. The SMILES string of the molecule is CC(C)c1ccc(-c2noc(CCC(=O)NCc3cc(Cl)c4c(c3)OCCO4)n2)cc1. The molecule has 0 saturated heterocycles. The second-order valence-corrected chi connectivity index (χ2v) is 8.07. The molecule has 8 heteroatoms. The van der Waals surface area contributed by atoms with E-state index >= 15 is 0 Å². The van der Waals surface area contributed by atoms with E-state index in [2.05, 4.69) is 41.4 Å². The highest BCUT2D eigenvalue weighted by molar-refractivity contribution is 6.32. The molecule has 2 aromatic carbocycles. The summed E-state index contributed by atoms with van der Waals surface area (Å²) >= 11 is 6.24. The van der Waals surface area contributed by atoms with Gasteiger partial charge in [0.2, 0.25) is 17.6 Å². The Morgan fingerprint density at radius 3 is 2.71 bits per heavy atom. The second-order valence-electron chi connectivity index (χ2n) is 7.67. The molecule has 4 rings (SSSR count). The Kier molecular flexibility index (Phi) is 6.42. The van der Waals surface area contributed by atoms with Gasteiger partial charge in [-0.2, -0.15) is 4.98 Å². The van der Waals surface area contributed by atoms with Crippen LogP contribution in [0.2, 0.25) is 5.02 Å². The van der Waals surface area contributed by atoms with Crippen LogP contribution in [0.4, 0.5) is 0 Å². The Bertz CT molecular complexity index is 1060. The number of fused-ring (bicyclic) bond motifs is 1. The van der Waals surface area contributed by atoms with E-state index in [1.807, 2.05) is 18.2 Å². The van der Waals surface area contributed by atoms with E-state index in [-0.39, 0.29) is 12.3 Å². The van der Waals surface area contributed by atoms with Gasteiger partial charge in [-0.05, 0) is 29.2 Å².